The Morgan fingerprint density at radius 2 is 1.48 bits per heavy atom. The molecule has 1 fully saturated rings. The molecular formula is C31H42FN3O9. The Morgan fingerprint density at radius 1 is 0.955 bits per heavy atom. The Labute approximate surface area is 256 Å². The smallest absolute Gasteiger partial charge is 0.336 e. The molecule has 2 amide bonds. The first kappa shape index (κ1) is 36.0. The van der Waals surface area contributed by atoms with Gasteiger partial charge < -0.3 is 40.3 Å². The summed E-state index contributed by atoms with van der Waals surface area (Å²) in [5, 5.41) is 36.8. The molecule has 0 unspecified atom stereocenters. The van der Waals surface area contributed by atoms with E-state index in [4.69, 9.17) is 25.2 Å². The lowest BCUT2D eigenvalue weighted by atomic mass is 9.96. The average molecular weight is 620 g/mol. The van der Waals surface area contributed by atoms with E-state index in [1.165, 1.54) is 12.1 Å². The minimum atomic E-state index is -2.74. The van der Waals surface area contributed by atoms with Gasteiger partial charge in [0, 0.05) is 19.1 Å². The van der Waals surface area contributed by atoms with Gasteiger partial charge in [0.25, 0.3) is 0 Å². The maximum atomic E-state index is 13.1. The van der Waals surface area contributed by atoms with Crippen LogP contribution in [0.15, 0.2) is 48.5 Å². The summed E-state index contributed by atoms with van der Waals surface area (Å²) in [5.74, 6) is -3.97. The minimum Gasteiger partial charge on any atom is -0.493 e. The number of urea groups is 1. The Kier molecular flexibility index (Phi) is 14.0. The van der Waals surface area contributed by atoms with Crippen molar-refractivity contribution in [1.29, 1.82) is 0 Å². The molecule has 2 aromatic carbocycles. The lowest BCUT2D eigenvalue weighted by Crippen LogP contribution is -2.49. The largest absolute Gasteiger partial charge is 0.493 e. The van der Waals surface area contributed by atoms with E-state index in [0.29, 0.717) is 25.6 Å². The number of likely N-dealkylation sites (tertiary alicyclic amines) is 1. The van der Waals surface area contributed by atoms with Gasteiger partial charge in [-0.05, 0) is 74.3 Å². The maximum absolute atomic E-state index is 13.1. The van der Waals surface area contributed by atoms with E-state index in [9.17, 15) is 23.6 Å². The number of benzene rings is 2. The third-order valence-corrected chi connectivity index (χ3v) is 6.89. The predicted molar refractivity (Wildman–Crippen MR) is 159 cm³/mol. The molecule has 0 atom stereocenters. The van der Waals surface area contributed by atoms with E-state index in [1.54, 1.807) is 12.1 Å². The number of aliphatic hydroxyl groups is 1. The second-order valence-electron chi connectivity index (χ2n) is 11.3. The van der Waals surface area contributed by atoms with Crippen LogP contribution in [0.4, 0.5) is 9.18 Å². The van der Waals surface area contributed by atoms with Crippen molar-refractivity contribution in [3.05, 3.63) is 65.5 Å². The summed E-state index contributed by atoms with van der Waals surface area (Å²) in [5.41, 5.74) is -0.782. The van der Waals surface area contributed by atoms with Gasteiger partial charge in [-0.15, -0.1) is 0 Å². The van der Waals surface area contributed by atoms with Crippen LogP contribution in [0.25, 0.3) is 0 Å². The van der Waals surface area contributed by atoms with Crippen LogP contribution in [0.5, 0.6) is 5.75 Å². The highest BCUT2D eigenvalue weighted by Crippen LogP contribution is 2.21. The molecule has 0 bridgehead atoms. The molecule has 0 saturated carbocycles. The third kappa shape index (κ3) is 12.6. The Morgan fingerprint density at radius 3 is 1.95 bits per heavy atom. The molecule has 0 aromatic heterocycles. The highest BCUT2D eigenvalue weighted by atomic mass is 19.1. The first-order valence-corrected chi connectivity index (χ1v) is 14.3. The van der Waals surface area contributed by atoms with E-state index in [2.05, 4.69) is 31.1 Å². The van der Waals surface area contributed by atoms with Crippen LogP contribution in [0.2, 0.25) is 0 Å². The lowest BCUT2D eigenvalue weighted by molar-refractivity contribution is -0.170. The standard InChI is InChI=1S/C25H34FN3O2.C6H8O7/c1-19(2)18-31-24-10-6-21(7-11-24)17-29(23-12-14-28(3)15-13-23)25(30)27-16-20-4-8-22(26)9-5-20;7-3(8)1-6(13,5(11)12)2-4(9)10/h4-11,19,23H,12-18H2,1-3H3,(H,27,30);13H,1-2H2,(H,7,8)(H,9,10)(H,11,12). The number of nitrogens with one attached hydrogen (secondary N) is 1. The highest BCUT2D eigenvalue weighted by molar-refractivity contribution is 5.88. The minimum absolute atomic E-state index is 0.0842. The second-order valence-corrected chi connectivity index (χ2v) is 11.3. The Hall–Kier alpha value is -4.23. The first-order chi connectivity index (χ1) is 20.7. The van der Waals surface area contributed by atoms with Gasteiger partial charge in [0.2, 0.25) is 0 Å². The summed E-state index contributed by atoms with van der Waals surface area (Å²) in [6.07, 6.45) is -0.380. The van der Waals surface area contributed by atoms with Crippen molar-refractivity contribution in [2.45, 2.75) is 64.3 Å². The highest BCUT2D eigenvalue weighted by Gasteiger charge is 2.40. The molecule has 1 heterocycles. The number of carbonyl (C=O) groups excluding carboxylic acids is 1. The van der Waals surface area contributed by atoms with E-state index >= 15 is 0 Å². The summed E-state index contributed by atoms with van der Waals surface area (Å²) >= 11 is 0. The molecule has 1 aliphatic rings. The molecule has 3 rings (SSSR count). The number of nitrogens with zero attached hydrogens (tertiary/aromatic N) is 2. The van der Waals surface area contributed by atoms with Gasteiger partial charge in [0.15, 0.2) is 5.60 Å². The molecule has 0 radical (unpaired) electrons. The molecule has 13 heteroatoms. The molecule has 44 heavy (non-hydrogen) atoms. The van der Waals surface area contributed by atoms with Crippen molar-refractivity contribution in [3.8, 4) is 5.75 Å². The van der Waals surface area contributed by atoms with Gasteiger partial charge in [-0.3, -0.25) is 9.59 Å². The van der Waals surface area contributed by atoms with Gasteiger partial charge in [-0.25, -0.2) is 14.0 Å². The number of aliphatic carboxylic acids is 3. The topological polar surface area (TPSA) is 177 Å². The number of piperidine rings is 1. The monoisotopic (exact) mass is 619 g/mol. The normalized spacial score (nSPS) is 13.9. The van der Waals surface area contributed by atoms with Gasteiger partial charge >= 0.3 is 23.9 Å². The SMILES string of the molecule is CC(C)COc1ccc(CN(C(=O)NCc2ccc(F)cc2)C2CCN(C)CC2)cc1.O=C(O)CC(O)(CC(=O)O)C(=O)O. The number of carboxylic acid groups (broad SMARTS) is 3. The van der Waals surface area contributed by atoms with Crippen molar-refractivity contribution < 1.29 is 48.7 Å². The quantitative estimate of drug-likeness (QED) is 0.223. The van der Waals surface area contributed by atoms with Crippen LogP contribution in [-0.2, 0) is 27.5 Å². The predicted octanol–water partition coefficient (Wildman–Crippen LogP) is 3.42. The average Bonchev–Trinajstić information content (AvgIpc) is 2.95. The zero-order chi connectivity index (χ0) is 32.9. The fourth-order valence-corrected chi connectivity index (χ4v) is 4.42. The van der Waals surface area contributed by atoms with Crippen molar-refractivity contribution in [3.63, 3.8) is 0 Å². The second kappa shape index (κ2) is 17.2. The van der Waals surface area contributed by atoms with Crippen LogP contribution in [0.1, 0.15) is 50.7 Å². The summed E-state index contributed by atoms with van der Waals surface area (Å²) in [6.45, 7) is 7.82. The van der Waals surface area contributed by atoms with Crippen LogP contribution in [0.3, 0.4) is 0 Å². The van der Waals surface area contributed by atoms with Crippen LogP contribution >= 0.6 is 0 Å². The number of hydrogen-bond acceptors (Lipinski definition) is 7. The number of ether oxygens (including phenoxy) is 1. The van der Waals surface area contributed by atoms with Crippen molar-refractivity contribution in [2.24, 2.45) is 5.92 Å². The van der Waals surface area contributed by atoms with Gasteiger partial charge in [-0.2, -0.15) is 0 Å². The molecule has 1 saturated heterocycles. The van der Waals surface area contributed by atoms with Crippen LogP contribution in [-0.4, -0.2) is 92.6 Å². The molecule has 1 aliphatic heterocycles. The summed E-state index contributed by atoms with van der Waals surface area (Å²) in [7, 11) is 2.12. The molecule has 2 aromatic rings. The molecule has 5 N–H and O–H groups in total. The first-order valence-electron chi connectivity index (χ1n) is 14.3. The van der Waals surface area contributed by atoms with Gasteiger partial charge in [0.1, 0.15) is 11.6 Å². The summed E-state index contributed by atoms with van der Waals surface area (Å²) in [4.78, 5) is 47.8. The molecule has 0 spiro atoms. The number of rotatable bonds is 13. The van der Waals surface area contributed by atoms with E-state index in [-0.39, 0.29) is 17.9 Å². The van der Waals surface area contributed by atoms with Crippen molar-refractivity contribution in [1.82, 2.24) is 15.1 Å². The molecular weight excluding hydrogens is 577 g/mol. The van der Waals surface area contributed by atoms with Crippen molar-refractivity contribution in [2.75, 3.05) is 26.7 Å². The fourth-order valence-electron chi connectivity index (χ4n) is 4.42. The summed E-state index contributed by atoms with van der Waals surface area (Å²) in [6, 6.07) is 14.4. The van der Waals surface area contributed by atoms with Gasteiger partial charge in [-0.1, -0.05) is 38.1 Å². The van der Waals surface area contributed by atoms with Crippen molar-refractivity contribution >= 4 is 23.9 Å². The van der Waals surface area contributed by atoms with Gasteiger partial charge in [0.05, 0.1) is 19.4 Å². The Balaban J connectivity index is 0.000000439. The number of halogens is 1. The number of hydrogen-bond donors (Lipinski definition) is 5. The van der Waals surface area contributed by atoms with E-state index < -0.39 is 36.4 Å². The molecule has 12 nitrogen and oxygen atoms in total. The third-order valence-electron chi connectivity index (χ3n) is 6.89. The van der Waals surface area contributed by atoms with E-state index in [1.807, 2.05) is 29.2 Å². The number of carbonyl (C=O) groups is 4. The maximum Gasteiger partial charge on any atom is 0.336 e. The summed E-state index contributed by atoms with van der Waals surface area (Å²) < 4.78 is 18.9. The fraction of sp³-hybridized carbons (Fsp3) is 0.484. The van der Waals surface area contributed by atoms with E-state index in [0.717, 1.165) is 42.8 Å². The van der Waals surface area contributed by atoms with Crippen LogP contribution in [0, 0.1) is 11.7 Å². The van der Waals surface area contributed by atoms with Crippen LogP contribution < -0.4 is 10.1 Å². The lowest BCUT2D eigenvalue weighted by Gasteiger charge is -2.37. The Bertz CT molecular complexity index is 1210. The zero-order valence-corrected chi connectivity index (χ0v) is 25.2. The molecule has 0 aliphatic carbocycles. The molecule has 242 valence electrons. The number of amides is 2. The number of carboxylic acids is 3. The zero-order valence-electron chi connectivity index (χ0n) is 25.2.